The van der Waals surface area contributed by atoms with Crippen molar-refractivity contribution in [3.8, 4) is 0 Å². The van der Waals surface area contributed by atoms with E-state index in [1.54, 1.807) is 10.9 Å². The first kappa shape index (κ1) is 18.7. The number of alkyl halides is 2. The molecule has 1 aromatic carbocycles. The van der Waals surface area contributed by atoms with Gasteiger partial charge in [0.25, 0.3) is 0 Å². The first-order valence-electron chi connectivity index (χ1n) is 8.77. The van der Waals surface area contributed by atoms with Crippen LogP contribution < -0.4 is 10.6 Å². The van der Waals surface area contributed by atoms with Crippen LogP contribution in [0.5, 0.6) is 0 Å². The lowest BCUT2D eigenvalue weighted by atomic mass is 9.92. The van der Waals surface area contributed by atoms with Crippen molar-refractivity contribution < 1.29 is 18.0 Å². The predicted molar refractivity (Wildman–Crippen MR) is 101 cm³/mol. The van der Waals surface area contributed by atoms with Crippen LogP contribution in [0.2, 0.25) is 5.02 Å². The van der Waals surface area contributed by atoms with E-state index in [0.29, 0.717) is 35.1 Å². The predicted octanol–water partition coefficient (Wildman–Crippen LogP) is 5.55. The maximum absolute atomic E-state index is 13.5. The molecule has 0 aliphatic heterocycles. The van der Waals surface area contributed by atoms with E-state index in [1.807, 2.05) is 0 Å². The highest BCUT2D eigenvalue weighted by atomic mass is 35.5. The number of nitrogens with zero attached hydrogens (tertiary/aromatic N) is 2. The zero-order valence-electron chi connectivity index (χ0n) is 14.6. The maximum Gasteiger partial charge on any atom is 0.323 e. The summed E-state index contributed by atoms with van der Waals surface area (Å²) in [7, 11) is 0. The summed E-state index contributed by atoms with van der Waals surface area (Å²) in [4.78, 5) is 15.1. The lowest BCUT2D eigenvalue weighted by Gasteiger charge is -2.28. The summed E-state index contributed by atoms with van der Waals surface area (Å²) in [6.45, 7) is 0. The Hall–Kier alpha value is -2.68. The number of hydrogen-bond acceptors (Lipinski definition) is 2. The Bertz CT molecular complexity index is 1020. The largest absolute Gasteiger partial charge is 0.359 e. The van der Waals surface area contributed by atoms with E-state index in [9.17, 15) is 18.0 Å². The van der Waals surface area contributed by atoms with Gasteiger partial charge in [-0.1, -0.05) is 11.6 Å². The first-order valence-corrected chi connectivity index (χ1v) is 9.15. The van der Waals surface area contributed by atoms with Crippen molar-refractivity contribution in [1.82, 2.24) is 14.8 Å². The SMILES string of the molecule is O=C(Nc1cnn(C2CCC(F)(F)CC2)c1)Nc1c[nH]c2cc(F)c(Cl)cc12. The quantitative estimate of drug-likeness (QED) is 0.528. The average Bonchev–Trinajstić information content (AvgIpc) is 3.23. The molecule has 2 aromatic heterocycles. The number of aromatic amines is 1. The van der Waals surface area contributed by atoms with E-state index in [-0.39, 0.29) is 23.9 Å². The second-order valence-corrected chi connectivity index (χ2v) is 7.30. The Balaban J connectivity index is 1.41. The number of carbonyl (C=O) groups is 1. The van der Waals surface area contributed by atoms with Crippen LogP contribution in [0.3, 0.4) is 0 Å². The number of fused-ring (bicyclic) bond motifs is 1. The Kier molecular flexibility index (Phi) is 4.70. The van der Waals surface area contributed by atoms with Crippen LogP contribution >= 0.6 is 11.6 Å². The molecule has 0 radical (unpaired) electrons. The van der Waals surface area contributed by atoms with Crippen LogP contribution in [0.4, 0.5) is 29.3 Å². The fraction of sp³-hybridized carbons (Fsp3) is 0.333. The zero-order valence-corrected chi connectivity index (χ0v) is 15.4. The van der Waals surface area contributed by atoms with Crippen molar-refractivity contribution in [2.24, 2.45) is 0 Å². The van der Waals surface area contributed by atoms with Gasteiger partial charge in [-0.3, -0.25) is 4.68 Å². The maximum atomic E-state index is 13.5. The molecule has 0 spiro atoms. The summed E-state index contributed by atoms with van der Waals surface area (Å²) in [6.07, 6.45) is 4.98. The van der Waals surface area contributed by atoms with Crippen LogP contribution in [0.25, 0.3) is 10.9 Å². The van der Waals surface area contributed by atoms with E-state index in [4.69, 9.17) is 11.6 Å². The van der Waals surface area contributed by atoms with Gasteiger partial charge < -0.3 is 15.6 Å². The third kappa shape index (κ3) is 3.80. The van der Waals surface area contributed by atoms with Gasteiger partial charge in [0, 0.05) is 30.6 Å². The van der Waals surface area contributed by atoms with Gasteiger partial charge in [-0.15, -0.1) is 0 Å². The molecule has 3 N–H and O–H groups in total. The smallest absolute Gasteiger partial charge is 0.323 e. The second kappa shape index (κ2) is 7.05. The molecule has 0 unspecified atom stereocenters. The van der Waals surface area contributed by atoms with Gasteiger partial charge >= 0.3 is 6.03 Å². The van der Waals surface area contributed by atoms with Crippen LogP contribution in [0.15, 0.2) is 30.7 Å². The van der Waals surface area contributed by atoms with Gasteiger partial charge in [-0.05, 0) is 25.0 Å². The molecule has 148 valence electrons. The molecule has 3 aromatic rings. The second-order valence-electron chi connectivity index (χ2n) is 6.89. The molecule has 1 saturated carbocycles. The topological polar surface area (TPSA) is 74.7 Å². The summed E-state index contributed by atoms with van der Waals surface area (Å²) in [5, 5.41) is 10.0. The molecule has 6 nitrogen and oxygen atoms in total. The molecule has 2 heterocycles. The van der Waals surface area contributed by atoms with Gasteiger partial charge in [0.1, 0.15) is 5.82 Å². The van der Waals surface area contributed by atoms with Crippen molar-refractivity contribution in [2.75, 3.05) is 10.6 Å². The van der Waals surface area contributed by atoms with E-state index in [1.165, 1.54) is 24.5 Å². The summed E-state index contributed by atoms with van der Waals surface area (Å²) in [5.41, 5.74) is 1.38. The highest BCUT2D eigenvalue weighted by Gasteiger charge is 2.35. The number of aromatic nitrogens is 3. The molecule has 1 fully saturated rings. The standard InChI is InChI=1S/C18H17ClF3N5O/c19-13-5-12-15(6-14(13)20)23-8-16(12)26-17(28)25-10-7-24-27(9-10)11-1-3-18(21,22)4-2-11/h5-9,11,23H,1-4H2,(H2,25,26,28). The molecular weight excluding hydrogens is 395 g/mol. The van der Waals surface area contributed by atoms with E-state index < -0.39 is 17.8 Å². The van der Waals surface area contributed by atoms with Gasteiger partial charge in [-0.2, -0.15) is 5.10 Å². The summed E-state index contributed by atoms with van der Waals surface area (Å²) >= 11 is 5.80. The van der Waals surface area contributed by atoms with Crippen molar-refractivity contribution in [3.63, 3.8) is 0 Å². The number of halogens is 4. The third-order valence-corrected chi connectivity index (χ3v) is 5.18. The number of rotatable bonds is 3. The van der Waals surface area contributed by atoms with Crippen LogP contribution in [0, 0.1) is 5.82 Å². The number of amides is 2. The molecule has 10 heteroatoms. The lowest BCUT2D eigenvalue weighted by molar-refractivity contribution is -0.0449. The van der Waals surface area contributed by atoms with E-state index >= 15 is 0 Å². The molecule has 1 aliphatic carbocycles. The monoisotopic (exact) mass is 411 g/mol. The van der Waals surface area contributed by atoms with Crippen molar-refractivity contribution in [2.45, 2.75) is 37.6 Å². The number of H-pyrrole nitrogens is 1. The highest BCUT2D eigenvalue weighted by molar-refractivity contribution is 6.31. The molecule has 1 aliphatic rings. The number of nitrogens with one attached hydrogen (secondary N) is 3. The normalized spacial score (nSPS) is 17.0. The van der Waals surface area contributed by atoms with Crippen LogP contribution in [-0.4, -0.2) is 26.7 Å². The van der Waals surface area contributed by atoms with Crippen molar-refractivity contribution >= 4 is 39.9 Å². The number of benzene rings is 1. The minimum absolute atomic E-state index is 0.0464. The Morgan fingerprint density at radius 2 is 2.04 bits per heavy atom. The molecule has 0 bridgehead atoms. The molecular formula is C18H17ClF3N5O. The molecule has 0 atom stereocenters. The summed E-state index contributed by atoms with van der Waals surface area (Å²) in [6, 6.07) is 2.05. The lowest BCUT2D eigenvalue weighted by Crippen LogP contribution is -2.26. The molecule has 2 amide bonds. The molecule has 28 heavy (non-hydrogen) atoms. The minimum Gasteiger partial charge on any atom is -0.359 e. The van der Waals surface area contributed by atoms with Crippen LogP contribution in [-0.2, 0) is 0 Å². The van der Waals surface area contributed by atoms with Gasteiger partial charge in [-0.25, -0.2) is 18.0 Å². The summed E-state index contributed by atoms with van der Waals surface area (Å²) in [5.74, 6) is -3.16. The Labute approximate surface area is 163 Å². The van der Waals surface area contributed by atoms with E-state index in [2.05, 4.69) is 20.7 Å². The van der Waals surface area contributed by atoms with Crippen molar-refractivity contribution in [3.05, 3.63) is 41.6 Å². The molecule has 4 rings (SSSR count). The number of anilines is 2. The number of urea groups is 1. The fourth-order valence-corrected chi connectivity index (χ4v) is 3.56. The minimum atomic E-state index is -2.60. The Morgan fingerprint density at radius 3 is 2.79 bits per heavy atom. The van der Waals surface area contributed by atoms with Gasteiger partial charge in [0.15, 0.2) is 0 Å². The zero-order chi connectivity index (χ0) is 19.9. The highest BCUT2D eigenvalue weighted by Crippen LogP contribution is 2.38. The number of hydrogen-bond donors (Lipinski definition) is 3. The van der Waals surface area contributed by atoms with Crippen LogP contribution in [0.1, 0.15) is 31.7 Å². The molecule has 0 saturated heterocycles. The van der Waals surface area contributed by atoms with Crippen molar-refractivity contribution in [1.29, 1.82) is 0 Å². The van der Waals surface area contributed by atoms with E-state index in [0.717, 1.165) is 0 Å². The third-order valence-electron chi connectivity index (χ3n) is 4.89. The van der Waals surface area contributed by atoms with Gasteiger partial charge in [0.05, 0.1) is 34.2 Å². The fourth-order valence-electron chi connectivity index (χ4n) is 3.40. The number of carbonyl (C=O) groups excluding carboxylic acids is 1. The summed E-state index contributed by atoms with van der Waals surface area (Å²) < 4.78 is 41.7. The Morgan fingerprint density at radius 1 is 1.29 bits per heavy atom. The van der Waals surface area contributed by atoms with Gasteiger partial charge in [0.2, 0.25) is 5.92 Å². The first-order chi connectivity index (χ1) is 13.3. The average molecular weight is 412 g/mol.